The maximum Gasteiger partial charge on any atom is 0.260 e. The van der Waals surface area contributed by atoms with Gasteiger partial charge in [-0.2, -0.15) is 0 Å². The fourth-order valence-electron chi connectivity index (χ4n) is 2.64. The van der Waals surface area contributed by atoms with E-state index in [-0.39, 0.29) is 18.4 Å². The van der Waals surface area contributed by atoms with Gasteiger partial charge in [0.1, 0.15) is 5.75 Å². The number of ether oxygens (including phenoxy) is 2. The molecule has 0 fully saturated rings. The van der Waals surface area contributed by atoms with Crippen molar-refractivity contribution in [1.82, 2.24) is 4.90 Å². The smallest absolute Gasteiger partial charge is 0.260 e. The van der Waals surface area contributed by atoms with Crippen LogP contribution in [-0.4, -0.2) is 43.6 Å². The number of hydrogen-bond donors (Lipinski definition) is 1. The van der Waals surface area contributed by atoms with E-state index in [0.29, 0.717) is 31.0 Å². The van der Waals surface area contributed by atoms with Crippen molar-refractivity contribution in [3.63, 3.8) is 0 Å². The van der Waals surface area contributed by atoms with E-state index in [9.17, 15) is 9.59 Å². The van der Waals surface area contributed by atoms with Crippen LogP contribution in [0.15, 0.2) is 48.5 Å². The molecular formula is C19H20N2O4. The highest BCUT2D eigenvalue weighted by atomic mass is 16.5. The van der Waals surface area contributed by atoms with Crippen LogP contribution in [0.3, 0.4) is 0 Å². The van der Waals surface area contributed by atoms with Gasteiger partial charge in [-0.25, -0.2) is 0 Å². The number of methoxy groups -OCH3 is 1. The van der Waals surface area contributed by atoms with Crippen molar-refractivity contribution < 1.29 is 19.1 Å². The third-order valence-corrected chi connectivity index (χ3v) is 3.98. The van der Waals surface area contributed by atoms with Crippen LogP contribution in [0.1, 0.15) is 15.9 Å². The standard InChI is InChI=1S/C19H20N2O4/c1-24-10-9-21-12-15-11-14(7-8-17(15)25-13-18(21)22)19(23)20-16-5-3-2-4-6-16/h2-8,11H,9-10,12-13H2,1H3,(H,20,23). The Morgan fingerprint density at radius 1 is 1.24 bits per heavy atom. The molecule has 0 aromatic heterocycles. The Hall–Kier alpha value is -2.86. The molecule has 0 atom stereocenters. The number of anilines is 1. The molecule has 1 aliphatic rings. The summed E-state index contributed by atoms with van der Waals surface area (Å²) < 4.78 is 10.6. The zero-order valence-corrected chi connectivity index (χ0v) is 14.0. The Morgan fingerprint density at radius 2 is 2.04 bits per heavy atom. The maximum absolute atomic E-state index is 12.5. The van der Waals surface area contributed by atoms with Crippen molar-refractivity contribution in [3.8, 4) is 5.75 Å². The van der Waals surface area contributed by atoms with Gasteiger partial charge in [0.2, 0.25) is 0 Å². The largest absolute Gasteiger partial charge is 0.483 e. The normalized spacial score (nSPS) is 13.6. The molecule has 6 nitrogen and oxygen atoms in total. The minimum atomic E-state index is -0.201. The quantitative estimate of drug-likeness (QED) is 0.907. The highest BCUT2D eigenvalue weighted by molar-refractivity contribution is 6.04. The lowest BCUT2D eigenvalue weighted by molar-refractivity contribution is -0.133. The zero-order chi connectivity index (χ0) is 17.6. The Morgan fingerprint density at radius 3 is 2.80 bits per heavy atom. The van der Waals surface area contributed by atoms with Gasteiger partial charge >= 0.3 is 0 Å². The van der Waals surface area contributed by atoms with Gasteiger partial charge in [-0.3, -0.25) is 9.59 Å². The molecule has 1 aliphatic heterocycles. The van der Waals surface area contributed by atoms with Crippen LogP contribution in [0.2, 0.25) is 0 Å². The molecule has 0 bridgehead atoms. The third kappa shape index (κ3) is 4.16. The van der Waals surface area contributed by atoms with Crippen LogP contribution in [0.25, 0.3) is 0 Å². The molecule has 3 rings (SSSR count). The second-order valence-corrected chi connectivity index (χ2v) is 5.74. The highest BCUT2D eigenvalue weighted by Gasteiger charge is 2.22. The van der Waals surface area contributed by atoms with Crippen LogP contribution in [0.5, 0.6) is 5.75 Å². The van der Waals surface area contributed by atoms with E-state index >= 15 is 0 Å². The molecule has 0 aliphatic carbocycles. The van der Waals surface area contributed by atoms with E-state index in [1.54, 1.807) is 30.2 Å². The summed E-state index contributed by atoms with van der Waals surface area (Å²) in [5, 5.41) is 2.85. The molecule has 2 aromatic carbocycles. The first-order valence-electron chi connectivity index (χ1n) is 8.06. The number of para-hydroxylation sites is 1. The summed E-state index contributed by atoms with van der Waals surface area (Å²) >= 11 is 0. The number of hydrogen-bond acceptors (Lipinski definition) is 4. The molecule has 130 valence electrons. The average Bonchev–Trinajstić information content (AvgIpc) is 2.79. The first kappa shape index (κ1) is 17.0. The summed E-state index contributed by atoms with van der Waals surface area (Å²) in [6.45, 7) is 1.32. The fraction of sp³-hybridized carbons (Fsp3) is 0.263. The molecule has 0 saturated heterocycles. The zero-order valence-electron chi connectivity index (χ0n) is 14.0. The van der Waals surface area contributed by atoms with Gasteiger partial charge in [-0.1, -0.05) is 18.2 Å². The summed E-state index contributed by atoms with van der Waals surface area (Å²) in [7, 11) is 1.60. The number of nitrogens with zero attached hydrogens (tertiary/aromatic N) is 1. The number of carbonyl (C=O) groups excluding carboxylic acids is 2. The molecule has 2 aromatic rings. The van der Waals surface area contributed by atoms with E-state index < -0.39 is 0 Å². The molecule has 0 unspecified atom stereocenters. The predicted molar refractivity (Wildman–Crippen MR) is 93.6 cm³/mol. The molecular weight excluding hydrogens is 320 g/mol. The number of amides is 2. The van der Waals surface area contributed by atoms with E-state index in [4.69, 9.17) is 9.47 Å². The third-order valence-electron chi connectivity index (χ3n) is 3.98. The topological polar surface area (TPSA) is 67.9 Å². The summed E-state index contributed by atoms with van der Waals surface area (Å²) in [4.78, 5) is 26.2. The summed E-state index contributed by atoms with van der Waals surface area (Å²) in [5.74, 6) is 0.334. The van der Waals surface area contributed by atoms with Crippen molar-refractivity contribution in [3.05, 3.63) is 59.7 Å². The first-order valence-corrected chi connectivity index (χ1v) is 8.06. The van der Waals surface area contributed by atoms with Crippen molar-refractivity contribution >= 4 is 17.5 Å². The first-order chi connectivity index (χ1) is 12.2. The van der Waals surface area contributed by atoms with Crippen LogP contribution in [0, 0.1) is 0 Å². The summed E-state index contributed by atoms with van der Waals surface area (Å²) in [5.41, 5.74) is 2.06. The predicted octanol–water partition coefficient (Wildman–Crippen LogP) is 2.31. The number of benzene rings is 2. The minimum absolute atomic E-state index is 0.00767. The molecule has 2 amide bonds. The van der Waals surface area contributed by atoms with E-state index in [1.807, 2.05) is 30.3 Å². The van der Waals surface area contributed by atoms with E-state index in [2.05, 4.69) is 5.32 Å². The summed E-state index contributed by atoms with van der Waals surface area (Å²) in [6, 6.07) is 14.5. The van der Waals surface area contributed by atoms with Gasteiger partial charge < -0.3 is 19.7 Å². The van der Waals surface area contributed by atoms with E-state index in [0.717, 1.165) is 11.3 Å². The van der Waals surface area contributed by atoms with Gasteiger partial charge in [0.05, 0.1) is 6.61 Å². The Kier molecular flexibility index (Phi) is 5.30. The Labute approximate surface area is 146 Å². The molecule has 6 heteroatoms. The lowest BCUT2D eigenvalue weighted by Crippen LogP contribution is -2.34. The lowest BCUT2D eigenvalue weighted by atomic mass is 10.1. The second kappa shape index (κ2) is 7.81. The molecule has 0 radical (unpaired) electrons. The van der Waals surface area contributed by atoms with E-state index in [1.165, 1.54) is 0 Å². The fourth-order valence-corrected chi connectivity index (χ4v) is 2.64. The van der Waals surface area contributed by atoms with Gasteiger partial charge in [-0.15, -0.1) is 0 Å². The maximum atomic E-state index is 12.5. The molecule has 0 spiro atoms. The lowest BCUT2D eigenvalue weighted by Gasteiger charge is -2.19. The minimum Gasteiger partial charge on any atom is -0.483 e. The molecule has 1 heterocycles. The number of rotatable bonds is 5. The summed E-state index contributed by atoms with van der Waals surface area (Å²) in [6.07, 6.45) is 0. The Bertz CT molecular complexity index is 761. The molecule has 1 N–H and O–H groups in total. The molecule has 25 heavy (non-hydrogen) atoms. The van der Waals surface area contributed by atoms with Crippen LogP contribution in [-0.2, 0) is 16.1 Å². The SMILES string of the molecule is COCCN1Cc2cc(C(=O)Nc3ccccc3)ccc2OCC1=O. The van der Waals surface area contributed by atoms with Crippen molar-refractivity contribution in [2.75, 3.05) is 32.2 Å². The van der Waals surface area contributed by atoms with Crippen LogP contribution < -0.4 is 10.1 Å². The monoisotopic (exact) mass is 340 g/mol. The Balaban J connectivity index is 1.78. The van der Waals surface area contributed by atoms with Crippen molar-refractivity contribution in [1.29, 1.82) is 0 Å². The number of nitrogens with one attached hydrogen (secondary N) is 1. The van der Waals surface area contributed by atoms with Gasteiger partial charge in [0, 0.05) is 37.0 Å². The van der Waals surface area contributed by atoms with Crippen molar-refractivity contribution in [2.24, 2.45) is 0 Å². The number of carbonyl (C=O) groups is 2. The van der Waals surface area contributed by atoms with Gasteiger partial charge in [0.25, 0.3) is 11.8 Å². The average molecular weight is 340 g/mol. The van der Waals surface area contributed by atoms with Crippen LogP contribution in [0.4, 0.5) is 5.69 Å². The van der Waals surface area contributed by atoms with Gasteiger partial charge in [0.15, 0.2) is 6.61 Å². The highest BCUT2D eigenvalue weighted by Crippen LogP contribution is 2.25. The van der Waals surface area contributed by atoms with Gasteiger partial charge in [-0.05, 0) is 30.3 Å². The molecule has 0 saturated carbocycles. The second-order valence-electron chi connectivity index (χ2n) is 5.74. The number of fused-ring (bicyclic) bond motifs is 1. The van der Waals surface area contributed by atoms with Crippen LogP contribution >= 0.6 is 0 Å². The van der Waals surface area contributed by atoms with Crippen molar-refractivity contribution in [2.45, 2.75) is 6.54 Å².